The number of nitrogens with zero attached hydrogens (tertiary/aromatic N) is 2. The molecule has 0 radical (unpaired) electrons. The van der Waals surface area contributed by atoms with Crippen molar-refractivity contribution in [2.24, 2.45) is 0 Å². The van der Waals surface area contributed by atoms with Gasteiger partial charge in [-0.05, 0) is 69.9 Å². The van der Waals surface area contributed by atoms with Gasteiger partial charge in [0.15, 0.2) is 0 Å². The van der Waals surface area contributed by atoms with Crippen LogP contribution >= 0.6 is 11.8 Å². The van der Waals surface area contributed by atoms with E-state index in [0.29, 0.717) is 42.7 Å². The fraction of sp³-hybridized carbons (Fsp3) is 0.458. The Morgan fingerprint density at radius 2 is 1.90 bits per heavy atom. The lowest BCUT2D eigenvalue weighted by Crippen LogP contribution is -2.47. The van der Waals surface area contributed by atoms with Gasteiger partial charge in [0.2, 0.25) is 0 Å². The van der Waals surface area contributed by atoms with E-state index in [0.717, 1.165) is 34.0 Å². The number of hydrogen-bond acceptors (Lipinski definition) is 6. The van der Waals surface area contributed by atoms with Gasteiger partial charge in [-0.1, -0.05) is 17.8 Å². The number of carbonyl (C=O) groups excluding carboxylic acids is 1. The zero-order valence-corrected chi connectivity index (χ0v) is 18.8. The molecule has 2 aromatic rings. The Morgan fingerprint density at radius 3 is 2.61 bits per heavy atom. The summed E-state index contributed by atoms with van der Waals surface area (Å²) >= 11 is 1.54. The molecular weight excluding hydrogens is 410 g/mol. The molecule has 3 aliphatic heterocycles. The van der Waals surface area contributed by atoms with Crippen LogP contribution in [0.2, 0.25) is 0 Å². The molecule has 3 heterocycles. The monoisotopic (exact) mass is 439 g/mol. The maximum absolute atomic E-state index is 12.4. The number of phenolic OH excluding ortho intramolecular Hbond substituents is 1. The van der Waals surface area contributed by atoms with Gasteiger partial charge < -0.3 is 25.0 Å². The molecule has 2 unspecified atom stereocenters. The van der Waals surface area contributed by atoms with Gasteiger partial charge in [-0.2, -0.15) is 0 Å². The Labute approximate surface area is 187 Å². The van der Waals surface area contributed by atoms with Crippen LogP contribution in [0.5, 0.6) is 11.5 Å². The number of hydrogen-bond donors (Lipinski definition) is 2. The number of aromatic hydroxyl groups is 1. The number of nitrogens with one attached hydrogen (secondary N) is 1. The van der Waals surface area contributed by atoms with E-state index in [-0.39, 0.29) is 6.09 Å². The number of ether oxygens (including phenoxy) is 1. The van der Waals surface area contributed by atoms with Crippen molar-refractivity contribution in [3.05, 3.63) is 36.4 Å². The van der Waals surface area contributed by atoms with Gasteiger partial charge in [-0.15, -0.1) is 0 Å². The molecule has 2 saturated heterocycles. The lowest BCUT2D eigenvalue weighted by Gasteiger charge is -2.42. The van der Waals surface area contributed by atoms with Crippen LogP contribution in [-0.2, 0) is 0 Å². The first kappa shape index (κ1) is 20.5. The summed E-state index contributed by atoms with van der Waals surface area (Å²) in [6, 6.07) is 13.1. The lowest BCUT2D eigenvalue weighted by molar-refractivity contribution is 0.157. The Kier molecular flexibility index (Phi) is 5.48. The van der Waals surface area contributed by atoms with E-state index in [1.54, 1.807) is 22.7 Å². The lowest BCUT2D eigenvalue weighted by atomic mass is 9.96. The number of phenols is 1. The average Bonchev–Trinajstić information content (AvgIpc) is 3.11. The molecule has 164 valence electrons. The Hall–Kier alpha value is -2.38. The van der Waals surface area contributed by atoms with Crippen molar-refractivity contribution in [2.75, 3.05) is 18.0 Å². The molecule has 3 aliphatic rings. The first-order chi connectivity index (χ1) is 15.1. The molecule has 0 saturated carbocycles. The van der Waals surface area contributed by atoms with Gasteiger partial charge in [-0.25, -0.2) is 4.79 Å². The van der Waals surface area contributed by atoms with E-state index in [1.807, 2.05) is 32.0 Å². The van der Waals surface area contributed by atoms with E-state index in [9.17, 15) is 9.90 Å². The smallest absolute Gasteiger partial charge is 0.415 e. The molecule has 0 aromatic heterocycles. The molecule has 1 amide bonds. The summed E-state index contributed by atoms with van der Waals surface area (Å²) in [6.45, 7) is 5.11. The molecular formula is C24H29N3O3S. The largest absolute Gasteiger partial charge is 0.507 e. The highest BCUT2D eigenvalue weighted by molar-refractivity contribution is 7.99. The molecule has 0 spiro atoms. The number of anilines is 2. The summed E-state index contributed by atoms with van der Waals surface area (Å²) in [7, 11) is 0. The molecule has 2 fully saturated rings. The van der Waals surface area contributed by atoms with Gasteiger partial charge in [-0.3, -0.25) is 0 Å². The highest BCUT2D eigenvalue weighted by Gasteiger charge is 2.39. The van der Waals surface area contributed by atoms with Crippen LogP contribution in [-0.4, -0.2) is 47.3 Å². The van der Waals surface area contributed by atoms with Crippen molar-refractivity contribution < 1.29 is 14.6 Å². The molecule has 0 aliphatic carbocycles. The summed E-state index contributed by atoms with van der Waals surface area (Å²) in [4.78, 5) is 18.4. The molecule has 2 atom stereocenters. The minimum Gasteiger partial charge on any atom is -0.507 e. The third-order valence-electron chi connectivity index (χ3n) is 6.68. The topological polar surface area (TPSA) is 65.0 Å². The fourth-order valence-electron chi connectivity index (χ4n) is 5.16. The van der Waals surface area contributed by atoms with E-state index in [4.69, 9.17) is 4.74 Å². The number of amides is 1. The summed E-state index contributed by atoms with van der Waals surface area (Å²) in [6.07, 6.45) is 4.33. The second-order valence-electron chi connectivity index (χ2n) is 8.53. The van der Waals surface area contributed by atoms with Crippen molar-refractivity contribution in [2.45, 2.75) is 67.4 Å². The van der Waals surface area contributed by atoms with Gasteiger partial charge >= 0.3 is 6.09 Å². The van der Waals surface area contributed by atoms with E-state index >= 15 is 0 Å². The zero-order chi connectivity index (χ0) is 21.5. The van der Waals surface area contributed by atoms with Crippen LogP contribution < -0.4 is 15.0 Å². The standard InChI is InChI=1S/C24H29N3O3S/c1-3-26(4-2)24(29)30-18-10-11-19-22(14-18)31-23-20(6-5-7-21(23)28)27(19)17-12-15-8-9-16(13-17)25-15/h5-7,10-11,14-17,25,28H,3-4,8-9,12-13H2,1-2H3. The number of rotatable bonds is 4. The normalized spacial score (nSPS) is 23.8. The summed E-state index contributed by atoms with van der Waals surface area (Å²) in [5.74, 6) is 0.827. The van der Waals surface area contributed by atoms with E-state index in [1.165, 1.54) is 12.8 Å². The predicted octanol–water partition coefficient (Wildman–Crippen LogP) is 5.12. The maximum Gasteiger partial charge on any atom is 0.415 e. The van der Waals surface area contributed by atoms with Crippen LogP contribution in [0.1, 0.15) is 39.5 Å². The Morgan fingerprint density at radius 1 is 1.16 bits per heavy atom. The highest BCUT2D eigenvalue weighted by atomic mass is 32.2. The molecule has 2 bridgehead atoms. The fourth-order valence-corrected chi connectivity index (χ4v) is 6.27. The van der Waals surface area contributed by atoms with Gasteiger partial charge in [0.1, 0.15) is 11.5 Å². The van der Waals surface area contributed by atoms with Crippen LogP contribution in [0.15, 0.2) is 46.2 Å². The number of benzene rings is 2. The molecule has 2 N–H and O–H groups in total. The summed E-state index contributed by atoms with van der Waals surface area (Å²) in [5, 5.41) is 14.3. The number of fused-ring (bicyclic) bond motifs is 4. The average molecular weight is 440 g/mol. The van der Waals surface area contributed by atoms with Crippen molar-refractivity contribution in [1.82, 2.24) is 10.2 Å². The van der Waals surface area contributed by atoms with Crippen molar-refractivity contribution in [1.29, 1.82) is 0 Å². The SMILES string of the molecule is CCN(CC)C(=O)Oc1ccc2c(c1)Sc1c(O)cccc1N2C1CC2CCC(C1)N2. The first-order valence-corrected chi connectivity index (χ1v) is 12.0. The molecule has 5 rings (SSSR count). The zero-order valence-electron chi connectivity index (χ0n) is 18.0. The van der Waals surface area contributed by atoms with Crippen LogP contribution in [0.25, 0.3) is 0 Å². The molecule has 31 heavy (non-hydrogen) atoms. The number of piperidine rings is 1. The van der Waals surface area contributed by atoms with Gasteiger partial charge in [0.25, 0.3) is 0 Å². The summed E-state index contributed by atoms with van der Waals surface area (Å²) in [5.41, 5.74) is 2.19. The van der Waals surface area contributed by atoms with E-state index < -0.39 is 0 Å². The predicted molar refractivity (Wildman–Crippen MR) is 123 cm³/mol. The van der Waals surface area contributed by atoms with Crippen molar-refractivity contribution in [3.63, 3.8) is 0 Å². The van der Waals surface area contributed by atoms with Crippen molar-refractivity contribution >= 4 is 29.2 Å². The Bertz CT molecular complexity index is 982. The molecule has 2 aromatic carbocycles. The quantitative estimate of drug-likeness (QED) is 0.690. The second kappa shape index (κ2) is 8.28. The Balaban J connectivity index is 1.50. The third-order valence-corrected chi connectivity index (χ3v) is 7.85. The second-order valence-corrected chi connectivity index (χ2v) is 9.58. The van der Waals surface area contributed by atoms with E-state index in [2.05, 4.69) is 22.3 Å². The molecule has 7 heteroatoms. The van der Waals surface area contributed by atoms with Gasteiger partial charge in [0, 0.05) is 36.1 Å². The number of carbonyl (C=O) groups is 1. The first-order valence-electron chi connectivity index (χ1n) is 11.2. The minimum absolute atomic E-state index is 0.292. The highest BCUT2D eigenvalue weighted by Crippen LogP contribution is 2.54. The minimum atomic E-state index is -0.333. The van der Waals surface area contributed by atoms with Crippen LogP contribution in [0, 0.1) is 0 Å². The van der Waals surface area contributed by atoms with Crippen LogP contribution in [0.3, 0.4) is 0 Å². The van der Waals surface area contributed by atoms with Crippen molar-refractivity contribution in [3.8, 4) is 11.5 Å². The van der Waals surface area contributed by atoms with Gasteiger partial charge in [0.05, 0.1) is 16.3 Å². The summed E-state index contributed by atoms with van der Waals surface area (Å²) < 4.78 is 5.65. The molecule has 6 nitrogen and oxygen atoms in total. The maximum atomic E-state index is 12.4. The third kappa shape index (κ3) is 3.74. The van der Waals surface area contributed by atoms with Crippen LogP contribution in [0.4, 0.5) is 16.2 Å².